The van der Waals surface area contributed by atoms with Crippen molar-refractivity contribution < 1.29 is 17.2 Å². The highest BCUT2D eigenvalue weighted by Crippen LogP contribution is 2.23. The van der Waals surface area contributed by atoms with Crippen LogP contribution in [-0.2, 0) is 16.6 Å². The lowest BCUT2D eigenvalue weighted by Gasteiger charge is -2.12. The molecule has 0 atom stereocenters. The average molecular weight is 312 g/mol. The highest BCUT2D eigenvalue weighted by molar-refractivity contribution is 7.92. The topological polar surface area (TPSA) is 72.2 Å². The molecule has 0 unspecified atom stereocenters. The van der Waals surface area contributed by atoms with E-state index in [1.54, 1.807) is 12.1 Å². The largest absolute Gasteiger partial charge is 0.326 e. The maximum Gasteiger partial charge on any atom is 0.262 e. The van der Waals surface area contributed by atoms with Gasteiger partial charge in [-0.25, -0.2) is 17.2 Å². The summed E-state index contributed by atoms with van der Waals surface area (Å²) in [7, 11) is -4.04. The SMILES string of the molecule is Cc1cc(F)c(NS(=O)(=O)c2ccccc2CN)cc1F. The second kappa shape index (κ2) is 5.79. The number of benzene rings is 2. The molecule has 0 aromatic heterocycles. The Balaban J connectivity index is 2.45. The molecule has 0 aliphatic rings. The summed E-state index contributed by atoms with van der Waals surface area (Å²) >= 11 is 0. The molecule has 3 N–H and O–H groups in total. The maximum atomic E-state index is 13.7. The van der Waals surface area contributed by atoms with E-state index in [4.69, 9.17) is 5.73 Å². The highest BCUT2D eigenvalue weighted by Gasteiger charge is 2.20. The predicted molar refractivity (Wildman–Crippen MR) is 76.2 cm³/mol. The van der Waals surface area contributed by atoms with Crippen molar-refractivity contribution in [3.63, 3.8) is 0 Å². The predicted octanol–water partition coefficient (Wildman–Crippen LogP) is 2.53. The number of hydrogen-bond donors (Lipinski definition) is 2. The quantitative estimate of drug-likeness (QED) is 0.911. The Bertz CT molecular complexity index is 777. The van der Waals surface area contributed by atoms with E-state index in [0.29, 0.717) is 5.56 Å². The van der Waals surface area contributed by atoms with E-state index in [1.165, 1.54) is 19.1 Å². The van der Waals surface area contributed by atoms with Gasteiger partial charge in [-0.05, 0) is 30.2 Å². The fourth-order valence-electron chi connectivity index (χ4n) is 1.86. The van der Waals surface area contributed by atoms with Gasteiger partial charge in [0.2, 0.25) is 0 Å². The summed E-state index contributed by atoms with van der Waals surface area (Å²) in [6.45, 7) is 1.41. The van der Waals surface area contributed by atoms with Crippen LogP contribution in [0.25, 0.3) is 0 Å². The molecule has 0 heterocycles. The standard InChI is InChI=1S/C14H14F2N2O2S/c1-9-6-12(16)13(7-11(9)15)18-21(19,20)14-5-3-2-4-10(14)8-17/h2-7,18H,8,17H2,1H3. The Morgan fingerprint density at radius 2 is 1.81 bits per heavy atom. The lowest BCUT2D eigenvalue weighted by atomic mass is 10.2. The molecule has 0 saturated carbocycles. The van der Waals surface area contributed by atoms with Gasteiger partial charge in [0.15, 0.2) is 0 Å². The van der Waals surface area contributed by atoms with Gasteiger partial charge in [-0.1, -0.05) is 18.2 Å². The van der Waals surface area contributed by atoms with Crippen LogP contribution in [0.5, 0.6) is 0 Å². The Hall–Kier alpha value is -1.99. The molecule has 2 aromatic carbocycles. The van der Waals surface area contributed by atoms with Crippen molar-refractivity contribution in [2.75, 3.05) is 4.72 Å². The zero-order valence-electron chi connectivity index (χ0n) is 11.2. The molecule has 2 rings (SSSR count). The summed E-state index contributed by atoms with van der Waals surface area (Å²) in [5.74, 6) is -1.54. The first-order chi connectivity index (χ1) is 9.85. The highest BCUT2D eigenvalue weighted by atomic mass is 32.2. The molecule has 0 amide bonds. The molecule has 0 radical (unpaired) electrons. The number of sulfonamides is 1. The first kappa shape index (κ1) is 15.4. The molecule has 0 aliphatic heterocycles. The van der Waals surface area contributed by atoms with Crippen molar-refractivity contribution in [3.8, 4) is 0 Å². The lowest BCUT2D eigenvalue weighted by Crippen LogP contribution is -2.17. The first-order valence-electron chi connectivity index (χ1n) is 6.11. The maximum absolute atomic E-state index is 13.7. The van der Waals surface area contributed by atoms with Crippen LogP contribution in [0.15, 0.2) is 41.3 Å². The lowest BCUT2D eigenvalue weighted by molar-refractivity contribution is 0.590. The number of halogens is 2. The van der Waals surface area contributed by atoms with E-state index in [-0.39, 0.29) is 17.0 Å². The Morgan fingerprint density at radius 3 is 2.48 bits per heavy atom. The van der Waals surface area contributed by atoms with E-state index in [2.05, 4.69) is 0 Å². The van der Waals surface area contributed by atoms with Gasteiger partial charge in [-0.15, -0.1) is 0 Å². The third-order valence-corrected chi connectivity index (χ3v) is 4.44. The van der Waals surface area contributed by atoms with Crippen LogP contribution >= 0.6 is 0 Å². The molecule has 4 nitrogen and oxygen atoms in total. The van der Waals surface area contributed by atoms with Crippen LogP contribution in [0.3, 0.4) is 0 Å². The molecule has 0 saturated heterocycles. The third kappa shape index (κ3) is 3.20. The van der Waals surface area contributed by atoms with Crippen molar-refractivity contribution in [1.29, 1.82) is 0 Å². The van der Waals surface area contributed by atoms with Crippen molar-refractivity contribution in [1.82, 2.24) is 0 Å². The van der Waals surface area contributed by atoms with Crippen LogP contribution < -0.4 is 10.5 Å². The van der Waals surface area contributed by atoms with Gasteiger partial charge in [0.05, 0.1) is 10.6 Å². The van der Waals surface area contributed by atoms with Crippen LogP contribution in [0.4, 0.5) is 14.5 Å². The average Bonchev–Trinajstić information content (AvgIpc) is 2.44. The number of aryl methyl sites for hydroxylation is 1. The monoisotopic (exact) mass is 312 g/mol. The molecule has 0 fully saturated rings. The Labute approximate surface area is 121 Å². The second-order valence-corrected chi connectivity index (χ2v) is 6.15. The van der Waals surface area contributed by atoms with E-state index in [0.717, 1.165) is 12.1 Å². The van der Waals surface area contributed by atoms with Crippen molar-refractivity contribution >= 4 is 15.7 Å². The molecule has 0 bridgehead atoms. The number of nitrogens with one attached hydrogen (secondary N) is 1. The Kier molecular flexibility index (Phi) is 4.24. The molecule has 2 aromatic rings. The summed E-state index contributed by atoms with van der Waals surface area (Å²) < 4.78 is 53.8. The van der Waals surface area contributed by atoms with Gasteiger partial charge in [0.1, 0.15) is 11.6 Å². The number of nitrogens with two attached hydrogens (primary N) is 1. The van der Waals surface area contributed by atoms with E-state index < -0.39 is 27.3 Å². The molecule has 21 heavy (non-hydrogen) atoms. The van der Waals surface area contributed by atoms with Gasteiger partial charge >= 0.3 is 0 Å². The number of rotatable bonds is 4. The molecular weight excluding hydrogens is 298 g/mol. The van der Waals surface area contributed by atoms with Crippen molar-refractivity contribution in [3.05, 3.63) is 59.2 Å². The second-order valence-electron chi connectivity index (χ2n) is 4.50. The third-order valence-electron chi connectivity index (χ3n) is 2.97. The zero-order chi connectivity index (χ0) is 15.6. The molecule has 0 aliphatic carbocycles. The van der Waals surface area contributed by atoms with Gasteiger partial charge in [0, 0.05) is 12.6 Å². The molecule has 112 valence electrons. The van der Waals surface area contributed by atoms with E-state index in [9.17, 15) is 17.2 Å². The molecule has 0 spiro atoms. The summed E-state index contributed by atoms with van der Waals surface area (Å²) in [5, 5.41) is 0. The summed E-state index contributed by atoms with van der Waals surface area (Å²) in [4.78, 5) is -0.0621. The van der Waals surface area contributed by atoms with Crippen LogP contribution in [-0.4, -0.2) is 8.42 Å². The normalized spacial score (nSPS) is 11.4. The van der Waals surface area contributed by atoms with E-state index >= 15 is 0 Å². The zero-order valence-corrected chi connectivity index (χ0v) is 12.0. The minimum atomic E-state index is -4.04. The fraction of sp³-hybridized carbons (Fsp3) is 0.143. The Morgan fingerprint density at radius 1 is 1.14 bits per heavy atom. The molecular formula is C14H14F2N2O2S. The van der Waals surface area contributed by atoms with Crippen LogP contribution in [0.2, 0.25) is 0 Å². The van der Waals surface area contributed by atoms with Crippen LogP contribution in [0.1, 0.15) is 11.1 Å². The minimum absolute atomic E-state index is 0.0157. The van der Waals surface area contributed by atoms with Gasteiger partial charge in [0.25, 0.3) is 10.0 Å². The van der Waals surface area contributed by atoms with Gasteiger partial charge in [-0.3, -0.25) is 4.72 Å². The molecule has 7 heteroatoms. The van der Waals surface area contributed by atoms with E-state index in [1.807, 2.05) is 4.72 Å². The van der Waals surface area contributed by atoms with Gasteiger partial charge < -0.3 is 5.73 Å². The first-order valence-corrected chi connectivity index (χ1v) is 7.60. The van der Waals surface area contributed by atoms with Crippen LogP contribution in [0, 0.1) is 18.6 Å². The van der Waals surface area contributed by atoms with Gasteiger partial charge in [-0.2, -0.15) is 0 Å². The number of anilines is 1. The minimum Gasteiger partial charge on any atom is -0.326 e. The van der Waals surface area contributed by atoms with Crippen molar-refractivity contribution in [2.45, 2.75) is 18.4 Å². The smallest absolute Gasteiger partial charge is 0.262 e. The summed E-state index contributed by atoms with van der Waals surface area (Å²) in [6, 6.07) is 7.83. The summed E-state index contributed by atoms with van der Waals surface area (Å²) in [5.41, 5.74) is 5.53. The summed E-state index contributed by atoms with van der Waals surface area (Å²) in [6.07, 6.45) is 0. The fourth-order valence-corrected chi connectivity index (χ4v) is 3.17. The number of hydrogen-bond acceptors (Lipinski definition) is 3. The van der Waals surface area contributed by atoms with Crippen molar-refractivity contribution in [2.24, 2.45) is 5.73 Å².